The van der Waals surface area contributed by atoms with Crippen molar-refractivity contribution in [3.05, 3.63) is 102 Å². The molecule has 0 bridgehead atoms. The zero-order chi connectivity index (χ0) is 24.0. The lowest BCUT2D eigenvalue weighted by Crippen LogP contribution is -2.09. The largest absolute Gasteiger partial charge is 0.494 e. The predicted octanol–water partition coefficient (Wildman–Crippen LogP) is 7.75. The van der Waals surface area contributed by atoms with Gasteiger partial charge in [-0.05, 0) is 71.5 Å². The molecule has 1 heterocycles. The van der Waals surface area contributed by atoms with Crippen LogP contribution in [0.3, 0.4) is 0 Å². The van der Waals surface area contributed by atoms with Gasteiger partial charge < -0.3 is 14.0 Å². The Morgan fingerprint density at radius 2 is 1.49 bits per heavy atom. The van der Waals surface area contributed by atoms with Gasteiger partial charge in [-0.3, -0.25) is 0 Å². The standard InChI is InChI=1S/C31H32N2O2/c1-23(2)24-13-16-27(17-14-24)34-20-8-7-19-33-30-12-6-5-11-29(30)32-31(33)22-35-28-18-15-25-9-3-4-10-26(25)21-28/h3-6,9-18,21,23H,7-8,19-20,22H2,1-2H3. The summed E-state index contributed by atoms with van der Waals surface area (Å²) in [6.45, 7) is 6.43. The van der Waals surface area contributed by atoms with Crippen molar-refractivity contribution in [1.29, 1.82) is 0 Å². The average Bonchev–Trinajstić information content (AvgIpc) is 3.25. The van der Waals surface area contributed by atoms with E-state index in [9.17, 15) is 0 Å². The highest BCUT2D eigenvalue weighted by Crippen LogP contribution is 2.23. The van der Waals surface area contributed by atoms with Crippen LogP contribution in [0.15, 0.2) is 91.0 Å². The first kappa shape index (κ1) is 23.0. The van der Waals surface area contributed by atoms with Crippen LogP contribution in [0.4, 0.5) is 0 Å². The Morgan fingerprint density at radius 1 is 0.743 bits per heavy atom. The average molecular weight is 465 g/mol. The second kappa shape index (κ2) is 10.6. The van der Waals surface area contributed by atoms with Crippen LogP contribution < -0.4 is 9.47 Å². The lowest BCUT2D eigenvalue weighted by molar-refractivity contribution is 0.285. The quantitative estimate of drug-likeness (QED) is 0.198. The number of unbranched alkanes of at least 4 members (excludes halogenated alkanes) is 1. The van der Waals surface area contributed by atoms with Gasteiger partial charge in [0.25, 0.3) is 0 Å². The third-order valence-corrected chi connectivity index (χ3v) is 6.41. The molecule has 5 rings (SSSR count). The monoisotopic (exact) mass is 464 g/mol. The molecule has 0 aliphatic carbocycles. The molecule has 5 aromatic rings. The van der Waals surface area contributed by atoms with Crippen LogP contribution in [0.25, 0.3) is 21.8 Å². The van der Waals surface area contributed by atoms with Gasteiger partial charge in [0.2, 0.25) is 0 Å². The van der Waals surface area contributed by atoms with Crippen LogP contribution >= 0.6 is 0 Å². The molecular weight excluding hydrogens is 432 g/mol. The second-order valence-corrected chi connectivity index (χ2v) is 9.25. The van der Waals surface area contributed by atoms with Gasteiger partial charge in [-0.1, -0.05) is 68.4 Å². The minimum absolute atomic E-state index is 0.436. The molecule has 0 atom stereocenters. The molecule has 178 valence electrons. The fraction of sp³-hybridized carbons (Fsp3) is 0.258. The number of para-hydroxylation sites is 2. The van der Waals surface area contributed by atoms with Crippen molar-refractivity contribution < 1.29 is 9.47 Å². The van der Waals surface area contributed by atoms with Gasteiger partial charge in [-0.25, -0.2) is 4.98 Å². The fourth-order valence-corrected chi connectivity index (χ4v) is 4.40. The van der Waals surface area contributed by atoms with E-state index in [-0.39, 0.29) is 0 Å². The van der Waals surface area contributed by atoms with Crippen LogP contribution in [0.1, 0.15) is 44.0 Å². The van der Waals surface area contributed by atoms with Gasteiger partial charge in [0.1, 0.15) is 23.9 Å². The van der Waals surface area contributed by atoms with Gasteiger partial charge in [-0.2, -0.15) is 0 Å². The predicted molar refractivity (Wildman–Crippen MR) is 143 cm³/mol. The molecule has 0 radical (unpaired) electrons. The molecule has 0 spiro atoms. The highest BCUT2D eigenvalue weighted by atomic mass is 16.5. The maximum absolute atomic E-state index is 6.17. The molecule has 0 amide bonds. The molecule has 0 unspecified atom stereocenters. The lowest BCUT2D eigenvalue weighted by atomic mass is 10.0. The van der Waals surface area contributed by atoms with E-state index in [2.05, 4.69) is 97.3 Å². The molecule has 0 saturated heterocycles. The summed E-state index contributed by atoms with van der Waals surface area (Å²) >= 11 is 0. The molecule has 4 nitrogen and oxygen atoms in total. The number of ether oxygens (including phenoxy) is 2. The van der Waals surface area contributed by atoms with Crippen LogP contribution in [-0.4, -0.2) is 16.2 Å². The Labute approximate surface area is 207 Å². The number of hydrogen-bond donors (Lipinski definition) is 0. The molecule has 4 heteroatoms. The van der Waals surface area contributed by atoms with Crippen molar-refractivity contribution >= 4 is 21.8 Å². The zero-order valence-electron chi connectivity index (χ0n) is 20.5. The topological polar surface area (TPSA) is 36.3 Å². The summed E-state index contributed by atoms with van der Waals surface area (Å²) in [5.41, 5.74) is 3.49. The number of benzene rings is 4. The second-order valence-electron chi connectivity index (χ2n) is 9.25. The first-order valence-electron chi connectivity index (χ1n) is 12.5. The summed E-state index contributed by atoms with van der Waals surface area (Å²) in [6.07, 6.45) is 1.98. The smallest absolute Gasteiger partial charge is 0.147 e. The Kier molecular flexibility index (Phi) is 6.99. The normalized spacial score (nSPS) is 11.4. The summed E-state index contributed by atoms with van der Waals surface area (Å²) in [7, 11) is 0. The number of fused-ring (bicyclic) bond motifs is 2. The van der Waals surface area contributed by atoms with E-state index in [4.69, 9.17) is 14.5 Å². The van der Waals surface area contributed by atoms with Gasteiger partial charge in [0.05, 0.1) is 17.6 Å². The Bertz CT molecular complexity index is 1400. The fourth-order valence-electron chi connectivity index (χ4n) is 4.40. The highest BCUT2D eigenvalue weighted by molar-refractivity contribution is 5.83. The number of nitrogens with zero attached hydrogens (tertiary/aromatic N) is 2. The van der Waals surface area contributed by atoms with Crippen LogP contribution in [-0.2, 0) is 13.2 Å². The van der Waals surface area contributed by atoms with Crippen molar-refractivity contribution in [2.45, 2.75) is 45.8 Å². The first-order chi connectivity index (χ1) is 17.2. The number of aryl methyl sites for hydroxylation is 1. The molecule has 1 aromatic heterocycles. The van der Waals surface area contributed by atoms with Crippen molar-refractivity contribution in [1.82, 2.24) is 9.55 Å². The number of hydrogen-bond acceptors (Lipinski definition) is 3. The summed E-state index contributed by atoms with van der Waals surface area (Å²) in [5, 5.41) is 2.39. The number of imidazole rings is 1. The van der Waals surface area contributed by atoms with Crippen LogP contribution in [0.2, 0.25) is 0 Å². The molecule has 0 N–H and O–H groups in total. The first-order valence-corrected chi connectivity index (χ1v) is 12.5. The van der Waals surface area contributed by atoms with Crippen molar-refractivity contribution in [2.75, 3.05) is 6.61 Å². The van der Waals surface area contributed by atoms with Gasteiger partial charge >= 0.3 is 0 Å². The lowest BCUT2D eigenvalue weighted by Gasteiger charge is -2.12. The van der Waals surface area contributed by atoms with E-state index in [0.717, 1.165) is 47.7 Å². The van der Waals surface area contributed by atoms with E-state index in [1.165, 1.54) is 16.3 Å². The number of rotatable bonds is 10. The molecule has 35 heavy (non-hydrogen) atoms. The van der Waals surface area contributed by atoms with Crippen LogP contribution in [0.5, 0.6) is 11.5 Å². The molecule has 0 fully saturated rings. The SMILES string of the molecule is CC(C)c1ccc(OCCCCn2c(COc3ccc4ccccc4c3)nc3ccccc32)cc1. The minimum atomic E-state index is 0.436. The summed E-state index contributed by atoms with van der Waals surface area (Å²) < 4.78 is 14.4. The van der Waals surface area contributed by atoms with Crippen LogP contribution in [0, 0.1) is 0 Å². The van der Waals surface area contributed by atoms with Crippen molar-refractivity contribution in [3.63, 3.8) is 0 Å². The van der Waals surface area contributed by atoms with E-state index in [1.807, 2.05) is 12.1 Å². The minimum Gasteiger partial charge on any atom is -0.494 e. The van der Waals surface area contributed by atoms with E-state index >= 15 is 0 Å². The third kappa shape index (κ3) is 5.48. The van der Waals surface area contributed by atoms with E-state index < -0.39 is 0 Å². The summed E-state index contributed by atoms with van der Waals surface area (Å²) in [4.78, 5) is 4.87. The van der Waals surface area contributed by atoms with Crippen molar-refractivity contribution in [3.8, 4) is 11.5 Å². The van der Waals surface area contributed by atoms with E-state index in [0.29, 0.717) is 19.1 Å². The third-order valence-electron chi connectivity index (χ3n) is 6.41. The molecule has 4 aromatic carbocycles. The van der Waals surface area contributed by atoms with Gasteiger partial charge in [0.15, 0.2) is 0 Å². The number of aromatic nitrogens is 2. The van der Waals surface area contributed by atoms with Gasteiger partial charge in [-0.15, -0.1) is 0 Å². The Hall–Kier alpha value is -3.79. The van der Waals surface area contributed by atoms with Gasteiger partial charge in [0, 0.05) is 6.54 Å². The van der Waals surface area contributed by atoms with E-state index in [1.54, 1.807) is 0 Å². The van der Waals surface area contributed by atoms with Crippen molar-refractivity contribution in [2.24, 2.45) is 0 Å². The summed E-state index contributed by atoms with van der Waals surface area (Å²) in [5.74, 6) is 3.28. The molecule has 0 aliphatic rings. The zero-order valence-corrected chi connectivity index (χ0v) is 20.5. The summed E-state index contributed by atoms with van der Waals surface area (Å²) in [6, 6.07) is 31.3. The highest BCUT2D eigenvalue weighted by Gasteiger charge is 2.11. The maximum Gasteiger partial charge on any atom is 0.147 e. The molecular formula is C31H32N2O2. The molecule has 0 aliphatic heterocycles. The Balaban J connectivity index is 1.21. The molecule has 0 saturated carbocycles. The maximum atomic E-state index is 6.17. The Morgan fingerprint density at radius 3 is 2.31 bits per heavy atom.